The highest BCUT2D eigenvalue weighted by Gasteiger charge is 2.25. The zero-order valence-electron chi connectivity index (χ0n) is 16.6. The maximum absolute atomic E-state index is 12.4. The Morgan fingerprint density at radius 1 is 1.24 bits per heavy atom. The lowest BCUT2D eigenvalue weighted by atomic mass is 9.86. The lowest BCUT2D eigenvalue weighted by molar-refractivity contribution is -0.133. The number of aryl methyl sites for hydroxylation is 1. The van der Waals surface area contributed by atoms with Gasteiger partial charge in [0.1, 0.15) is 0 Å². The molecular weight excluding hydrogens is 308 g/mol. The molecule has 140 valence electrons. The Bertz CT molecular complexity index is 542. The second kappa shape index (κ2) is 8.84. The average Bonchev–Trinajstić information content (AvgIpc) is 2.58. The summed E-state index contributed by atoms with van der Waals surface area (Å²) >= 11 is 0. The van der Waals surface area contributed by atoms with E-state index in [1.165, 1.54) is 11.1 Å². The van der Waals surface area contributed by atoms with E-state index in [4.69, 9.17) is 5.73 Å². The van der Waals surface area contributed by atoms with Gasteiger partial charge in [0, 0.05) is 25.6 Å². The second-order valence-electron chi connectivity index (χ2n) is 8.76. The largest absolute Gasteiger partial charge is 0.342 e. The highest BCUT2D eigenvalue weighted by atomic mass is 16.2. The van der Waals surface area contributed by atoms with Crippen molar-refractivity contribution >= 4 is 5.91 Å². The normalized spacial score (nSPS) is 19.7. The molecule has 2 atom stereocenters. The molecular formula is C22H36N2O. The van der Waals surface area contributed by atoms with Crippen molar-refractivity contribution in [3.8, 4) is 0 Å². The fraction of sp³-hybridized carbons (Fsp3) is 0.682. The molecule has 2 N–H and O–H groups in total. The van der Waals surface area contributed by atoms with Crippen LogP contribution in [0.3, 0.4) is 0 Å². The summed E-state index contributed by atoms with van der Waals surface area (Å²) in [6.07, 6.45) is 6.03. The minimum Gasteiger partial charge on any atom is -0.342 e. The van der Waals surface area contributed by atoms with Crippen LogP contribution in [0.4, 0.5) is 0 Å². The highest BCUT2D eigenvalue weighted by molar-refractivity contribution is 5.76. The third-order valence-corrected chi connectivity index (χ3v) is 5.48. The first-order chi connectivity index (χ1) is 11.8. The Hall–Kier alpha value is -1.35. The average molecular weight is 345 g/mol. The lowest BCUT2D eigenvalue weighted by Crippen LogP contribution is -2.44. The summed E-state index contributed by atoms with van der Waals surface area (Å²) in [4.78, 5) is 14.5. The van der Waals surface area contributed by atoms with Crippen LogP contribution in [0, 0.1) is 5.92 Å². The molecule has 0 bridgehead atoms. The number of rotatable bonds is 6. The predicted molar refractivity (Wildman–Crippen MR) is 106 cm³/mol. The zero-order chi connectivity index (χ0) is 18.4. The number of likely N-dealkylation sites (tertiary alicyclic amines) is 1. The quantitative estimate of drug-likeness (QED) is 0.783. The second-order valence-corrected chi connectivity index (χ2v) is 8.76. The molecule has 1 amide bonds. The van der Waals surface area contributed by atoms with E-state index in [1.54, 1.807) is 0 Å². The smallest absolute Gasteiger partial charge is 0.222 e. The third kappa shape index (κ3) is 6.14. The number of benzene rings is 1. The number of amides is 1. The van der Waals surface area contributed by atoms with Crippen molar-refractivity contribution in [2.45, 2.75) is 77.7 Å². The minimum atomic E-state index is 0.187. The Morgan fingerprint density at radius 3 is 2.52 bits per heavy atom. The van der Waals surface area contributed by atoms with Gasteiger partial charge in [-0.2, -0.15) is 0 Å². The van der Waals surface area contributed by atoms with E-state index in [0.717, 1.165) is 45.2 Å². The molecule has 25 heavy (non-hydrogen) atoms. The highest BCUT2D eigenvalue weighted by Crippen LogP contribution is 2.23. The first-order valence-corrected chi connectivity index (χ1v) is 9.90. The fourth-order valence-corrected chi connectivity index (χ4v) is 3.60. The van der Waals surface area contributed by atoms with Crippen LogP contribution in [0.2, 0.25) is 0 Å². The Labute approximate surface area is 154 Å². The molecule has 1 saturated heterocycles. The summed E-state index contributed by atoms with van der Waals surface area (Å²) in [6, 6.07) is 9.14. The number of hydrogen-bond donors (Lipinski definition) is 1. The van der Waals surface area contributed by atoms with Gasteiger partial charge >= 0.3 is 0 Å². The van der Waals surface area contributed by atoms with E-state index in [9.17, 15) is 4.79 Å². The zero-order valence-corrected chi connectivity index (χ0v) is 16.6. The van der Waals surface area contributed by atoms with Crippen molar-refractivity contribution in [2.24, 2.45) is 11.7 Å². The number of carbonyl (C=O) groups excluding carboxylic acids is 1. The molecule has 0 radical (unpaired) electrons. The molecule has 0 aliphatic carbocycles. The molecule has 1 heterocycles. The van der Waals surface area contributed by atoms with Crippen LogP contribution >= 0.6 is 0 Å². The summed E-state index contributed by atoms with van der Waals surface area (Å²) in [7, 11) is 0. The van der Waals surface area contributed by atoms with E-state index in [2.05, 4.69) is 52.0 Å². The number of piperidine rings is 1. The number of carbonyl (C=O) groups is 1. The number of hydrogen-bond acceptors (Lipinski definition) is 2. The Morgan fingerprint density at radius 2 is 1.92 bits per heavy atom. The first-order valence-electron chi connectivity index (χ1n) is 9.90. The molecule has 1 aliphatic heterocycles. The van der Waals surface area contributed by atoms with Crippen LogP contribution in [0.1, 0.15) is 70.9 Å². The first kappa shape index (κ1) is 20.0. The van der Waals surface area contributed by atoms with Crippen LogP contribution in [-0.4, -0.2) is 29.9 Å². The van der Waals surface area contributed by atoms with E-state index in [-0.39, 0.29) is 11.5 Å². The van der Waals surface area contributed by atoms with Gasteiger partial charge in [0.2, 0.25) is 5.91 Å². The topological polar surface area (TPSA) is 46.3 Å². The van der Waals surface area contributed by atoms with Gasteiger partial charge in [-0.1, -0.05) is 45.0 Å². The Balaban J connectivity index is 1.71. The monoisotopic (exact) mass is 344 g/mol. The number of nitrogens with zero attached hydrogens (tertiary/aromatic N) is 1. The molecule has 0 saturated carbocycles. The molecule has 1 aliphatic rings. The number of unbranched alkanes of at least 4 members (excludes halogenated alkanes) is 1. The molecule has 1 aromatic rings. The summed E-state index contributed by atoms with van der Waals surface area (Å²) in [5.74, 6) is 0.785. The van der Waals surface area contributed by atoms with Crippen molar-refractivity contribution in [3.05, 3.63) is 35.4 Å². The maximum atomic E-state index is 12.4. The van der Waals surface area contributed by atoms with Gasteiger partial charge in [-0.3, -0.25) is 4.79 Å². The van der Waals surface area contributed by atoms with E-state index < -0.39 is 0 Å². The third-order valence-electron chi connectivity index (χ3n) is 5.48. The van der Waals surface area contributed by atoms with Gasteiger partial charge in [-0.05, 0) is 61.5 Å². The van der Waals surface area contributed by atoms with E-state index in [1.807, 2.05) is 4.90 Å². The summed E-state index contributed by atoms with van der Waals surface area (Å²) in [5.41, 5.74) is 8.97. The van der Waals surface area contributed by atoms with Gasteiger partial charge in [-0.25, -0.2) is 0 Å². The molecule has 3 nitrogen and oxygen atoms in total. The van der Waals surface area contributed by atoms with Crippen LogP contribution in [0.5, 0.6) is 0 Å². The van der Waals surface area contributed by atoms with E-state index >= 15 is 0 Å². The summed E-state index contributed by atoms with van der Waals surface area (Å²) < 4.78 is 0. The van der Waals surface area contributed by atoms with Crippen molar-refractivity contribution < 1.29 is 4.79 Å². The van der Waals surface area contributed by atoms with Crippen LogP contribution in [-0.2, 0) is 16.6 Å². The molecule has 0 spiro atoms. The van der Waals surface area contributed by atoms with E-state index in [0.29, 0.717) is 18.2 Å². The number of nitrogens with two attached hydrogens (primary N) is 1. The fourth-order valence-electron chi connectivity index (χ4n) is 3.60. The van der Waals surface area contributed by atoms with Crippen molar-refractivity contribution in [3.63, 3.8) is 0 Å². The van der Waals surface area contributed by atoms with Gasteiger partial charge in [-0.15, -0.1) is 0 Å². The minimum absolute atomic E-state index is 0.187. The molecule has 1 fully saturated rings. The lowest BCUT2D eigenvalue weighted by Gasteiger charge is -2.34. The van der Waals surface area contributed by atoms with Crippen LogP contribution in [0.25, 0.3) is 0 Å². The molecule has 2 unspecified atom stereocenters. The van der Waals surface area contributed by atoms with Crippen molar-refractivity contribution in [1.29, 1.82) is 0 Å². The van der Waals surface area contributed by atoms with Gasteiger partial charge in [0.25, 0.3) is 0 Å². The standard InChI is InChI=1S/C22H36N2O/c1-17(23)19-9-7-15-24(16-19)21(25)10-6-5-8-18-11-13-20(14-12-18)22(2,3)4/h11-14,17,19H,5-10,15-16,23H2,1-4H3. The predicted octanol–water partition coefficient (Wildman–Crippen LogP) is 4.28. The molecule has 2 rings (SSSR count). The molecule has 3 heteroatoms. The van der Waals surface area contributed by atoms with Crippen molar-refractivity contribution in [1.82, 2.24) is 4.90 Å². The van der Waals surface area contributed by atoms with Crippen LogP contribution < -0.4 is 5.73 Å². The summed E-state index contributed by atoms with van der Waals surface area (Å²) in [6.45, 7) is 10.5. The molecule has 1 aromatic carbocycles. The van der Waals surface area contributed by atoms with Gasteiger partial charge in [0.15, 0.2) is 0 Å². The summed E-state index contributed by atoms with van der Waals surface area (Å²) in [5, 5.41) is 0. The van der Waals surface area contributed by atoms with Crippen LogP contribution in [0.15, 0.2) is 24.3 Å². The SMILES string of the molecule is CC(N)C1CCCN(C(=O)CCCCc2ccc(C(C)(C)C)cc2)C1. The van der Waals surface area contributed by atoms with Gasteiger partial charge < -0.3 is 10.6 Å². The molecule has 0 aromatic heterocycles. The maximum Gasteiger partial charge on any atom is 0.222 e. The van der Waals surface area contributed by atoms with Gasteiger partial charge in [0.05, 0.1) is 0 Å². The van der Waals surface area contributed by atoms with Crippen molar-refractivity contribution in [2.75, 3.05) is 13.1 Å². The Kier molecular flexibility index (Phi) is 7.06.